The van der Waals surface area contributed by atoms with Gasteiger partial charge in [-0.05, 0) is 18.6 Å². The van der Waals surface area contributed by atoms with Gasteiger partial charge in [0.15, 0.2) is 23.0 Å². The van der Waals surface area contributed by atoms with Crippen LogP contribution in [0.25, 0.3) is 0 Å². The highest BCUT2D eigenvalue weighted by atomic mass is 16.5. The number of ether oxygens (including phenoxy) is 4. The number of methoxy groups -OCH3 is 3. The fourth-order valence-corrected chi connectivity index (χ4v) is 2.14. The van der Waals surface area contributed by atoms with Crippen molar-refractivity contribution >= 4 is 11.4 Å². The van der Waals surface area contributed by atoms with Crippen LogP contribution in [-0.4, -0.2) is 33.0 Å². The molecule has 0 aliphatic carbocycles. The number of nitrogens with zero attached hydrogens (tertiary/aromatic N) is 2. The lowest BCUT2D eigenvalue weighted by Gasteiger charge is -2.12. The first kappa shape index (κ1) is 18.4. The van der Waals surface area contributed by atoms with Crippen LogP contribution in [0.3, 0.4) is 0 Å². The van der Waals surface area contributed by atoms with Gasteiger partial charge in [0.1, 0.15) is 0 Å². The standard InChI is InChI=1S/C18H22N2O5/c1-5-8-25-15-7-6-12(9-14(15)21)19-20-13-10-16(22-2)18(24-4)17(11-13)23-3/h6-7,9-11,21H,5,8H2,1-4H3. The molecule has 2 aromatic carbocycles. The number of rotatable bonds is 8. The maximum Gasteiger partial charge on any atom is 0.203 e. The van der Waals surface area contributed by atoms with Gasteiger partial charge < -0.3 is 24.1 Å². The van der Waals surface area contributed by atoms with Gasteiger partial charge >= 0.3 is 0 Å². The van der Waals surface area contributed by atoms with Crippen LogP contribution in [0, 0.1) is 0 Å². The summed E-state index contributed by atoms with van der Waals surface area (Å²) in [5, 5.41) is 18.2. The van der Waals surface area contributed by atoms with Crippen LogP contribution in [-0.2, 0) is 0 Å². The van der Waals surface area contributed by atoms with Gasteiger partial charge in [0.05, 0.1) is 39.3 Å². The molecule has 0 atom stereocenters. The SMILES string of the molecule is CCCOc1ccc(N=Nc2cc(OC)c(OC)c(OC)c2)cc1O. The summed E-state index contributed by atoms with van der Waals surface area (Å²) in [5.74, 6) is 1.91. The Bertz CT molecular complexity index is 721. The van der Waals surface area contributed by atoms with Crippen molar-refractivity contribution in [1.82, 2.24) is 0 Å². The zero-order valence-electron chi connectivity index (χ0n) is 14.8. The third-order valence-corrected chi connectivity index (χ3v) is 3.33. The van der Waals surface area contributed by atoms with E-state index in [2.05, 4.69) is 10.2 Å². The molecule has 0 aromatic heterocycles. The van der Waals surface area contributed by atoms with E-state index in [1.165, 1.54) is 27.4 Å². The summed E-state index contributed by atoms with van der Waals surface area (Å²) in [7, 11) is 4.60. The number of aromatic hydroxyl groups is 1. The Morgan fingerprint density at radius 2 is 1.48 bits per heavy atom. The van der Waals surface area contributed by atoms with Crippen molar-refractivity contribution in [2.45, 2.75) is 13.3 Å². The summed E-state index contributed by atoms with van der Waals surface area (Å²) >= 11 is 0. The maximum absolute atomic E-state index is 9.96. The molecule has 0 spiro atoms. The highest BCUT2D eigenvalue weighted by Gasteiger charge is 2.13. The normalized spacial score (nSPS) is 10.7. The number of hydrogen-bond acceptors (Lipinski definition) is 7. The molecule has 2 rings (SSSR count). The molecule has 0 saturated carbocycles. The molecule has 0 unspecified atom stereocenters. The van der Waals surface area contributed by atoms with Crippen LogP contribution in [0.2, 0.25) is 0 Å². The van der Waals surface area contributed by atoms with Gasteiger partial charge in [-0.15, -0.1) is 0 Å². The highest BCUT2D eigenvalue weighted by Crippen LogP contribution is 2.41. The third-order valence-electron chi connectivity index (χ3n) is 3.33. The zero-order chi connectivity index (χ0) is 18.2. The van der Waals surface area contributed by atoms with Crippen molar-refractivity contribution in [1.29, 1.82) is 0 Å². The Kier molecular flexibility index (Phi) is 6.45. The lowest BCUT2D eigenvalue weighted by atomic mass is 10.2. The van der Waals surface area contributed by atoms with E-state index in [1.54, 1.807) is 24.3 Å². The number of benzene rings is 2. The summed E-state index contributed by atoms with van der Waals surface area (Å²) < 4.78 is 21.2. The maximum atomic E-state index is 9.96. The molecular formula is C18H22N2O5. The first-order valence-corrected chi connectivity index (χ1v) is 7.80. The minimum Gasteiger partial charge on any atom is -0.504 e. The fourth-order valence-electron chi connectivity index (χ4n) is 2.14. The predicted octanol–water partition coefficient (Wildman–Crippen LogP) is 4.62. The molecule has 0 fully saturated rings. The molecule has 0 heterocycles. The molecule has 2 aromatic rings. The number of hydrogen-bond donors (Lipinski definition) is 1. The Morgan fingerprint density at radius 1 is 0.840 bits per heavy atom. The van der Waals surface area contributed by atoms with Crippen LogP contribution in [0.1, 0.15) is 13.3 Å². The minimum absolute atomic E-state index is 0.0230. The molecule has 25 heavy (non-hydrogen) atoms. The molecular weight excluding hydrogens is 324 g/mol. The molecule has 0 amide bonds. The molecule has 134 valence electrons. The van der Waals surface area contributed by atoms with E-state index >= 15 is 0 Å². The average Bonchev–Trinajstić information content (AvgIpc) is 2.64. The highest BCUT2D eigenvalue weighted by molar-refractivity contribution is 5.60. The third kappa shape index (κ3) is 4.53. The van der Waals surface area contributed by atoms with Crippen LogP contribution < -0.4 is 18.9 Å². The Morgan fingerprint density at radius 3 is 2.00 bits per heavy atom. The Labute approximate surface area is 146 Å². The molecule has 0 aliphatic heterocycles. The summed E-state index contributed by atoms with van der Waals surface area (Å²) in [6.07, 6.45) is 0.863. The van der Waals surface area contributed by atoms with Crippen molar-refractivity contribution in [3.63, 3.8) is 0 Å². The largest absolute Gasteiger partial charge is 0.504 e. The number of phenolic OH excluding ortho intramolecular Hbond substituents is 1. The van der Waals surface area contributed by atoms with Crippen LogP contribution in [0.5, 0.6) is 28.7 Å². The lowest BCUT2D eigenvalue weighted by molar-refractivity contribution is 0.299. The van der Waals surface area contributed by atoms with E-state index in [9.17, 15) is 5.11 Å². The molecule has 1 N–H and O–H groups in total. The van der Waals surface area contributed by atoms with Crippen molar-refractivity contribution < 1.29 is 24.1 Å². The van der Waals surface area contributed by atoms with Gasteiger partial charge in [-0.1, -0.05) is 6.92 Å². The summed E-state index contributed by atoms with van der Waals surface area (Å²) in [5.41, 5.74) is 1.02. The molecule has 0 saturated heterocycles. The van der Waals surface area contributed by atoms with Gasteiger partial charge in [-0.2, -0.15) is 10.2 Å². The van der Waals surface area contributed by atoms with Gasteiger partial charge in [0.25, 0.3) is 0 Å². The Hall–Kier alpha value is -2.96. The number of phenols is 1. The summed E-state index contributed by atoms with van der Waals surface area (Å²) in [6, 6.07) is 8.24. The van der Waals surface area contributed by atoms with E-state index in [4.69, 9.17) is 18.9 Å². The molecule has 0 radical (unpaired) electrons. The topological polar surface area (TPSA) is 81.9 Å². The van der Waals surface area contributed by atoms with E-state index in [0.717, 1.165) is 6.42 Å². The van der Waals surface area contributed by atoms with E-state index in [1.807, 2.05) is 6.92 Å². The molecule has 0 aliphatic rings. The van der Waals surface area contributed by atoms with E-state index in [-0.39, 0.29) is 5.75 Å². The van der Waals surface area contributed by atoms with Crippen molar-refractivity contribution in [2.75, 3.05) is 27.9 Å². The van der Waals surface area contributed by atoms with Crippen LogP contribution in [0.15, 0.2) is 40.6 Å². The zero-order valence-corrected chi connectivity index (χ0v) is 14.8. The fraction of sp³-hybridized carbons (Fsp3) is 0.333. The average molecular weight is 346 g/mol. The predicted molar refractivity (Wildman–Crippen MR) is 94.2 cm³/mol. The first-order chi connectivity index (χ1) is 12.1. The van der Waals surface area contributed by atoms with Gasteiger partial charge in [0, 0.05) is 18.2 Å². The smallest absolute Gasteiger partial charge is 0.203 e. The minimum atomic E-state index is 0.0230. The molecule has 7 heteroatoms. The van der Waals surface area contributed by atoms with Crippen molar-refractivity contribution in [2.24, 2.45) is 10.2 Å². The second-order valence-electron chi connectivity index (χ2n) is 5.08. The van der Waals surface area contributed by atoms with Crippen molar-refractivity contribution in [3.8, 4) is 28.7 Å². The van der Waals surface area contributed by atoms with Crippen LogP contribution >= 0.6 is 0 Å². The lowest BCUT2D eigenvalue weighted by Crippen LogP contribution is -1.94. The van der Waals surface area contributed by atoms with E-state index < -0.39 is 0 Å². The summed E-state index contributed by atoms with van der Waals surface area (Å²) in [6.45, 7) is 2.54. The van der Waals surface area contributed by atoms with Crippen LogP contribution in [0.4, 0.5) is 11.4 Å². The number of azo groups is 1. The molecule has 0 bridgehead atoms. The van der Waals surface area contributed by atoms with Gasteiger partial charge in [-0.3, -0.25) is 0 Å². The Balaban J connectivity index is 2.25. The second-order valence-corrected chi connectivity index (χ2v) is 5.08. The van der Waals surface area contributed by atoms with Crippen molar-refractivity contribution in [3.05, 3.63) is 30.3 Å². The summed E-state index contributed by atoms with van der Waals surface area (Å²) in [4.78, 5) is 0. The van der Waals surface area contributed by atoms with E-state index in [0.29, 0.717) is 41.0 Å². The quantitative estimate of drug-likeness (QED) is 0.705. The first-order valence-electron chi connectivity index (χ1n) is 7.80. The monoisotopic (exact) mass is 346 g/mol. The van der Waals surface area contributed by atoms with Gasteiger partial charge in [-0.25, -0.2) is 0 Å². The molecule has 7 nitrogen and oxygen atoms in total. The van der Waals surface area contributed by atoms with Gasteiger partial charge in [0.2, 0.25) is 5.75 Å². The second kappa shape index (κ2) is 8.77.